The quantitative estimate of drug-likeness (QED) is 0.732. The summed E-state index contributed by atoms with van der Waals surface area (Å²) in [4.78, 5) is 4.33. The maximum atomic E-state index is 4.73. The van der Waals surface area contributed by atoms with Crippen LogP contribution in [0.2, 0.25) is 0 Å². The van der Waals surface area contributed by atoms with E-state index < -0.39 is 0 Å². The van der Waals surface area contributed by atoms with Gasteiger partial charge in [-0.25, -0.2) is 4.98 Å². The third kappa shape index (κ3) is 2.05. The smallest absolute Gasteiger partial charge is 0.243 e. The van der Waals surface area contributed by atoms with Gasteiger partial charge in [-0.05, 0) is 12.1 Å². The minimum atomic E-state index is 0.478. The van der Waals surface area contributed by atoms with Crippen molar-refractivity contribution in [2.75, 3.05) is 5.32 Å². The van der Waals surface area contributed by atoms with Gasteiger partial charge in [-0.2, -0.15) is 0 Å². The number of hydrogen-bond donors (Lipinski definition) is 1. The van der Waals surface area contributed by atoms with Gasteiger partial charge in [-0.15, -0.1) is 10.2 Å². The average Bonchev–Trinajstić information content (AvgIpc) is 2.89. The van der Waals surface area contributed by atoms with E-state index in [-0.39, 0.29) is 0 Å². The normalized spacial score (nSPS) is 10.6. The van der Waals surface area contributed by atoms with Crippen LogP contribution >= 0.6 is 0 Å². The maximum absolute atomic E-state index is 4.73. The lowest BCUT2D eigenvalue weighted by atomic mass is 10.3. The van der Waals surface area contributed by atoms with Crippen LogP contribution in [0, 0.1) is 0 Å². The van der Waals surface area contributed by atoms with E-state index in [4.69, 9.17) is 4.52 Å². The molecule has 0 radical (unpaired) electrons. The second-order valence-corrected chi connectivity index (χ2v) is 3.47. The highest BCUT2D eigenvalue weighted by atomic mass is 16.5. The molecule has 17 heavy (non-hydrogen) atoms. The first-order valence-corrected chi connectivity index (χ1v) is 5.14. The van der Waals surface area contributed by atoms with E-state index in [1.807, 2.05) is 24.3 Å². The minimum absolute atomic E-state index is 0.478. The van der Waals surface area contributed by atoms with Crippen LogP contribution in [0.4, 0.5) is 5.95 Å². The molecule has 0 aliphatic rings. The van der Waals surface area contributed by atoms with Crippen LogP contribution < -0.4 is 5.32 Å². The minimum Gasteiger partial charge on any atom is -0.364 e. The second kappa shape index (κ2) is 4.17. The van der Waals surface area contributed by atoms with Crippen LogP contribution in [0.5, 0.6) is 0 Å². The van der Waals surface area contributed by atoms with Crippen LogP contribution in [0.3, 0.4) is 0 Å². The molecule has 1 aromatic carbocycles. The molecule has 0 fully saturated rings. The summed E-state index contributed by atoms with van der Waals surface area (Å²) in [7, 11) is 0. The van der Waals surface area contributed by atoms with Gasteiger partial charge in [-0.1, -0.05) is 17.3 Å². The standard InChI is InChI=1S/C11H9N5O/c1-2-4-10-9(3-1)13-11(15-14-10)12-7-8-5-6-17-16-8/h1-6H,7H2,(H,12,13,15). The van der Waals surface area contributed by atoms with Gasteiger partial charge in [0.25, 0.3) is 0 Å². The van der Waals surface area contributed by atoms with Crippen molar-refractivity contribution in [2.24, 2.45) is 0 Å². The van der Waals surface area contributed by atoms with Crippen molar-refractivity contribution in [1.82, 2.24) is 20.3 Å². The highest BCUT2D eigenvalue weighted by molar-refractivity contribution is 5.73. The Bertz CT molecular complexity index is 623. The first kappa shape index (κ1) is 9.71. The highest BCUT2D eigenvalue weighted by Crippen LogP contribution is 2.09. The Labute approximate surface area is 96.7 Å². The van der Waals surface area contributed by atoms with Crippen molar-refractivity contribution in [3.05, 3.63) is 42.3 Å². The Morgan fingerprint density at radius 1 is 1.06 bits per heavy atom. The summed E-state index contributed by atoms with van der Waals surface area (Å²) in [6.07, 6.45) is 1.52. The molecule has 0 spiro atoms. The molecule has 0 aliphatic carbocycles. The summed E-state index contributed by atoms with van der Waals surface area (Å²) < 4.78 is 4.73. The fourth-order valence-corrected chi connectivity index (χ4v) is 1.45. The zero-order valence-electron chi connectivity index (χ0n) is 8.87. The lowest BCUT2D eigenvalue weighted by molar-refractivity contribution is 0.412. The summed E-state index contributed by atoms with van der Waals surface area (Å²) in [6.45, 7) is 0.510. The van der Waals surface area contributed by atoms with E-state index in [2.05, 4.69) is 25.7 Å². The number of benzene rings is 1. The van der Waals surface area contributed by atoms with Crippen LogP contribution in [0.15, 0.2) is 41.1 Å². The van der Waals surface area contributed by atoms with E-state index in [1.54, 1.807) is 6.07 Å². The molecule has 0 amide bonds. The monoisotopic (exact) mass is 227 g/mol. The van der Waals surface area contributed by atoms with Gasteiger partial charge in [-0.3, -0.25) is 0 Å². The molecule has 3 aromatic rings. The number of nitrogens with zero attached hydrogens (tertiary/aromatic N) is 4. The van der Waals surface area contributed by atoms with Crippen molar-refractivity contribution in [3.8, 4) is 0 Å². The van der Waals surface area contributed by atoms with Crippen molar-refractivity contribution >= 4 is 17.0 Å². The van der Waals surface area contributed by atoms with Crippen molar-refractivity contribution < 1.29 is 4.52 Å². The highest BCUT2D eigenvalue weighted by Gasteiger charge is 2.01. The Morgan fingerprint density at radius 2 is 1.94 bits per heavy atom. The van der Waals surface area contributed by atoms with E-state index in [1.165, 1.54) is 6.26 Å². The summed E-state index contributed by atoms with van der Waals surface area (Å²) in [5.74, 6) is 0.478. The molecular formula is C11H9N5O. The maximum Gasteiger partial charge on any atom is 0.243 e. The topological polar surface area (TPSA) is 76.7 Å². The number of aromatic nitrogens is 4. The molecule has 0 saturated heterocycles. The molecule has 6 heteroatoms. The van der Waals surface area contributed by atoms with Crippen molar-refractivity contribution in [2.45, 2.75) is 6.54 Å². The van der Waals surface area contributed by atoms with Crippen molar-refractivity contribution in [1.29, 1.82) is 0 Å². The largest absolute Gasteiger partial charge is 0.364 e. The van der Waals surface area contributed by atoms with Gasteiger partial charge in [0.15, 0.2) is 0 Å². The molecule has 2 aromatic heterocycles. The molecule has 3 rings (SSSR count). The molecule has 2 heterocycles. The zero-order chi connectivity index (χ0) is 11.5. The molecule has 0 aliphatic heterocycles. The predicted molar refractivity (Wildman–Crippen MR) is 61.2 cm³/mol. The van der Waals surface area contributed by atoms with Crippen LogP contribution in [-0.4, -0.2) is 20.3 Å². The van der Waals surface area contributed by atoms with Crippen LogP contribution in [0.25, 0.3) is 11.0 Å². The summed E-state index contributed by atoms with van der Waals surface area (Å²) in [5, 5.41) is 14.9. The van der Waals surface area contributed by atoms with Gasteiger partial charge < -0.3 is 9.84 Å². The molecule has 0 bridgehead atoms. The molecule has 0 saturated carbocycles. The fourth-order valence-electron chi connectivity index (χ4n) is 1.45. The van der Waals surface area contributed by atoms with Gasteiger partial charge >= 0.3 is 0 Å². The third-order valence-corrected chi connectivity index (χ3v) is 2.28. The third-order valence-electron chi connectivity index (χ3n) is 2.28. The van der Waals surface area contributed by atoms with Crippen LogP contribution in [0.1, 0.15) is 5.69 Å². The first-order chi connectivity index (χ1) is 8.42. The fraction of sp³-hybridized carbons (Fsp3) is 0.0909. The Balaban J connectivity index is 1.81. The Morgan fingerprint density at radius 3 is 2.76 bits per heavy atom. The van der Waals surface area contributed by atoms with E-state index in [9.17, 15) is 0 Å². The number of nitrogens with one attached hydrogen (secondary N) is 1. The number of fused-ring (bicyclic) bond motifs is 1. The predicted octanol–water partition coefficient (Wildman–Crippen LogP) is 1.62. The summed E-state index contributed by atoms with van der Waals surface area (Å²) >= 11 is 0. The van der Waals surface area contributed by atoms with E-state index in [0.717, 1.165) is 16.7 Å². The molecule has 0 unspecified atom stereocenters. The molecule has 0 atom stereocenters. The lowest BCUT2D eigenvalue weighted by Gasteiger charge is -2.01. The first-order valence-electron chi connectivity index (χ1n) is 5.14. The zero-order valence-corrected chi connectivity index (χ0v) is 8.87. The van der Waals surface area contributed by atoms with Gasteiger partial charge in [0, 0.05) is 6.07 Å². The Hall–Kier alpha value is -2.50. The average molecular weight is 227 g/mol. The lowest BCUT2D eigenvalue weighted by Crippen LogP contribution is -2.05. The molecule has 84 valence electrons. The van der Waals surface area contributed by atoms with Gasteiger partial charge in [0.1, 0.15) is 17.5 Å². The van der Waals surface area contributed by atoms with Crippen LogP contribution in [-0.2, 0) is 6.54 Å². The van der Waals surface area contributed by atoms with E-state index >= 15 is 0 Å². The summed E-state index contributed by atoms with van der Waals surface area (Å²) in [6, 6.07) is 9.36. The van der Waals surface area contributed by atoms with Crippen molar-refractivity contribution in [3.63, 3.8) is 0 Å². The number of para-hydroxylation sites is 1. The van der Waals surface area contributed by atoms with Gasteiger partial charge in [0.2, 0.25) is 5.95 Å². The second-order valence-electron chi connectivity index (χ2n) is 3.47. The van der Waals surface area contributed by atoms with E-state index in [0.29, 0.717) is 12.5 Å². The number of anilines is 1. The molecular weight excluding hydrogens is 218 g/mol. The SMILES string of the molecule is c1ccc2nc(NCc3ccon3)nnc2c1. The Kier molecular flexibility index (Phi) is 2.38. The van der Waals surface area contributed by atoms with Gasteiger partial charge in [0.05, 0.1) is 12.1 Å². The number of rotatable bonds is 3. The number of hydrogen-bond acceptors (Lipinski definition) is 6. The molecule has 6 nitrogen and oxygen atoms in total. The summed E-state index contributed by atoms with van der Waals surface area (Å²) in [5.41, 5.74) is 2.38. The molecule has 1 N–H and O–H groups in total.